The first kappa shape index (κ1) is 24.2. The standard InChI is InChI=1S/C27H28FN3O4/c1-2-3-16-35-20-9-6-8-19(17-20)25(32)23-24(21-10-4-5-11-22(21)28)31(27(34)26(23)33)14-7-13-30-15-12-29-18-30/h4-6,8-12,15,17-18,24,32H,2-3,7,13-14,16H2,1H3/b25-23+. The van der Waals surface area contributed by atoms with Crippen molar-refractivity contribution in [3.8, 4) is 5.75 Å². The van der Waals surface area contributed by atoms with Gasteiger partial charge in [0, 0.05) is 36.6 Å². The first-order valence-corrected chi connectivity index (χ1v) is 11.7. The Morgan fingerprint density at radius 1 is 1.11 bits per heavy atom. The molecule has 2 heterocycles. The van der Waals surface area contributed by atoms with Crippen LogP contribution in [0.25, 0.3) is 5.76 Å². The lowest BCUT2D eigenvalue weighted by Gasteiger charge is -2.25. The maximum Gasteiger partial charge on any atom is 0.295 e. The van der Waals surface area contributed by atoms with Crippen LogP contribution < -0.4 is 4.74 Å². The van der Waals surface area contributed by atoms with Gasteiger partial charge in [-0.3, -0.25) is 9.59 Å². The molecule has 1 fully saturated rings. The molecule has 0 saturated carbocycles. The number of imidazole rings is 1. The van der Waals surface area contributed by atoms with Gasteiger partial charge in [-0.15, -0.1) is 0 Å². The molecule has 4 rings (SSSR count). The number of hydrogen-bond donors (Lipinski definition) is 1. The number of aliphatic hydroxyl groups is 1. The number of halogens is 1. The van der Waals surface area contributed by atoms with E-state index in [9.17, 15) is 19.1 Å². The average Bonchev–Trinajstić information content (AvgIpc) is 3.47. The lowest BCUT2D eigenvalue weighted by atomic mass is 9.95. The fraction of sp³-hybridized carbons (Fsp3) is 0.296. The van der Waals surface area contributed by atoms with E-state index in [0.717, 1.165) is 12.8 Å². The predicted molar refractivity (Wildman–Crippen MR) is 129 cm³/mol. The lowest BCUT2D eigenvalue weighted by molar-refractivity contribution is -0.140. The van der Waals surface area contributed by atoms with Gasteiger partial charge in [-0.2, -0.15) is 0 Å². The Morgan fingerprint density at radius 3 is 2.69 bits per heavy atom. The molecule has 2 aromatic carbocycles. The molecular formula is C27H28FN3O4. The van der Waals surface area contributed by atoms with Crippen molar-refractivity contribution in [2.24, 2.45) is 0 Å². The fourth-order valence-corrected chi connectivity index (χ4v) is 4.20. The molecule has 182 valence electrons. The predicted octanol–water partition coefficient (Wildman–Crippen LogP) is 4.71. The van der Waals surface area contributed by atoms with Crippen molar-refractivity contribution in [1.29, 1.82) is 0 Å². The molecule has 1 amide bonds. The number of aryl methyl sites for hydroxylation is 1. The average molecular weight is 478 g/mol. The van der Waals surface area contributed by atoms with Crippen LogP contribution in [0.2, 0.25) is 0 Å². The Labute approximate surface area is 203 Å². The Hall–Kier alpha value is -3.94. The third-order valence-electron chi connectivity index (χ3n) is 5.99. The number of ketones is 1. The quantitative estimate of drug-likeness (QED) is 0.198. The van der Waals surface area contributed by atoms with Crippen LogP contribution in [0.5, 0.6) is 5.75 Å². The van der Waals surface area contributed by atoms with Crippen LogP contribution in [0, 0.1) is 5.82 Å². The van der Waals surface area contributed by atoms with Gasteiger partial charge in [0.05, 0.1) is 24.5 Å². The molecule has 0 spiro atoms. The molecule has 0 radical (unpaired) electrons. The number of hydrogen-bond acceptors (Lipinski definition) is 5. The maximum atomic E-state index is 14.9. The number of amides is 1. The summed E-state index contributed by atoms with van der Waals surface area (Å²) in [6, 6.07) is 11.7. The highest BCUT2D eigenvalue weighted by molar-refractivity contribution is 6.46. The fourth-order valence-electron chi connectivity index (χ4n) is 4.20. The van der Waals surface area contributed by atoms with Gasteiger partial charge in [-0.05, 0) is 31.0 Å². The second-order valence-corrected chi connectivity index (χ2v) is 8.40. The van der Waals surface area contributed by atoms with Crippen LogP contribution in [-0.2, 0) is 16.1 Å². The minimum atomic E-state index is -1.04. The summed E-state index contributed by atoms with van der Waals surface area (Å²) in [4.78, 5) is 31.5. The first-order chi connectivity index (χ1) is 17.0. The minimum Gasteiger partial charge on any atom is -0.507 e. The van der Waals surface area contributed by atoms with Gasteiger partial charge in [-0.25, -0.2) is 9.37 Å². The minimum absolute atomic E-state index is 0.131. The lowest BCUT2D eigenvalue weighted by Crippen LogP contribution is -2.31. The number of aromatic nitrogens is 2. The number of nitrogens with zero attached hydrogens (tertiary/aromatic N) is 3. The van der Waals surface area contributed by atoms with Crippen molar-refractivity contribution in [2.75, 3.05) is 13.2 Å². The number of unbranched alkanes of at least 4 members (excludes halogenated alkanes) is 1. The van der Waals surface area contributed by atoms with Crippen molar-refractivity contribution in [3.63, 3.8) is 0 Å². The number of ether oxygens (including phenoxy) is 1. The highest BCUT2D eigenvalue weighted by atomic mass is 19.1. The van der Waals surface area contributed by atoms with Crippen LogP contribution >= 0.6 is 0 Å². The zero-order chi connectivity index (χ0) is 24.8. The number of carbonyl (C=O) groups is 2. The third kappa shape index (κ3) is 5.26. The highest BCUT2D eigenvalue weighted by Crippen LogP contribution is 2.40. The van der Waals surface area contributed by atoms with Gasteiger partial charge < -0.3 is 19.3 Å². The summed E-state index contributed by atoms with van der Waals surface area (Å²) in [5, 5.41) is 11.2. The van der Waals surface area contributed by atoms with Crippen LogP contribution in [0.3, 0.4) is 0 Å². The summed E-state index contributed by atoms with van der Waals surface area (Å²) in [7, 11) is 0. The Bertz CT molecular complexity index is 1220. The number of Topliss-reactive ketones (excluding diaryl/α,β-unsaturated/α-hetero) is 1. The molecule has 1 aliphatic rings. The second-order valence-electron chi connectivity index (χ2n) is 8.40. The Balaban J connectivity index is 1.70. The monoisotopic (exact) mass is 477 g/mol. The zero-order valence-corrected chi connectivity index (χ0v) is 19.6. The van der Waals surface area contributed by atoms with Gasteiger partial charge in [0.25, 0.3) is 11.7 Å². The van der Waals surface area contributed by atoms with E-state index >= 15 is 0 Å². The van der Waals surface area contributed by atoms with Crippen LogP contribution in [0.1, 0.15) is 43.4 Å². The van der Waals surface area contributed by atoms with E-state index in [2.05, 4.69) is 11.9 Å². The molecular weight excluding hydrogens is 449 g/mol. The summed E-state index contributed by atoms with van der Waals surface area (Å²) < 4.78 is 22.5. The topological polar surface area (TPSA) is 84.7 Å². The largest absolute Gasteiger partial charge is 0.507 e. The second kappa shape index (κ2) is 11.0. The number of rotatable bonds is 10. The molecule has 0 aliphatic carbocycles. The number of likely N-dealkylation sites (tertiary alicyclic amines) is 1. The number of benzene rings is 2. The maximum absolute atomic E-state index is 14.9. The van der Waals surface area contributed by atoms with Crippen LogP contribution in [-0.4, -0.2) is 44.4 Å². The molecule has 3 aromatic rings. The number of aliphatic hydroxyl groups excluding tert-OH is 1. The Kier molecular flexibility index (Phi) is 7.60. The molecule has 8 heteroatoms. The van der Waals surface area contributed by atoms with Crippen molar-refractivity contribution in [1.82, 2.24) is 14.5 Å². The molecule has 7 nitrogen and oxygen atoms in total. The highest BCUT2D eigenvalue weighted by Gasteiger charge is 2.46. The summed E-state index contributed by atoms with van der Waals surface area (Å²) >= 11 is 0. The van der Waals surface area contributed by atoms with Gasteiger partial charge in [0.2, 0.25) is 0 Å². The SMILES string of the molecule is CCCCOc1cccc(/C(O)=C2\C(=O)C(=O)N(CCCn3ccnc3)C2c2ccccc2F)c1. The first-order valence-electron chi connectivity index (χ1n) is 11.7. The van der Waals surface area contributed by atoms with Gasteiger partial charge in [0.1, 0.15) is 17.3 Å². The molecule has 1 N–H and O–H groups in total. The van der Waals surface area contributed by atoms with E-state index in [1.807, 2.05) is 4.57 Å². The van der Waals surface area contributed by atoms with E-state index in [1.165, 1.54) is 17.0 Å². The molecule has 1 aliphatic heterocycles. The third-order valence-corrected chi connectivity index (χ3v) is 5.99. The van der Waals surface area contributed by atoms with Crippen LogP contribution in [0.4, 0.5) is 4.39 Å². The van der Waals surface area contributed by atoms with Crippen molar-refractivity contribution in [2.45, 2.75) is 38.8 Å². The van der Waals surface area contributed by atoms with E-state index in [-0.39, 0.29) is 23.4 Å². The van der Waals surface area contributed by atoms with Gasteiger partial charge in [-0.1, -0.05) is 43.7 Å². The normalized spacial score (nSPS) is 17.2. The van der Waals surface area contributed by atoms with Crippen molar-refractivity contribution < 1.29 is 23.8 Å². The summed E-state index contributed by atoms with van der Waals surface area (Å²) in [5.41, 5.74) is 0.358. The summed E-state index contributed by atoms with van der Waals surface area (Å²) in [6.45, 7) is 3.36. The van der Waals surface area contributed by atoms with E-state index in [4.69, 9.17) is 4.74 Å². The van der Waals surface area contributed by atoms with Crippen molar-refractivity contribution >= 4 is 17.4 Å². The summed E-state index contributed by atoms with van der Waals surface area (Å²) in [5.74, 6) is -1.97. The van der Waals surface area contributed by atoms with Gasteiger partial charge in [0.15, 0.2) is 0 Å². The van der Waals surface area contributed by atoms with Crippen LogP contribution in [0.15, 0.2) is 72.8 Å². The Morgan fingerprint density at radius 2 is 1.94 bits per heavy atom. The molecule has 1 aromatic heterocycles. The van der Waals surface area contributed by atoms with Crippen molar-refractivity contribution in [3.05, 3.63) is 89.8 Å². The number of carbonyl (C=O) groups excluding carboxylic acids is 2. The molecule has 1 unspecified atom stereocenters. The van der Waals surface area contributed by atoms with Gasteiger partial charge >= 0.3 is 0 Å². The molecule has 35 heavy (non-hydrogen) atoms. The molecule has 1 atom stereocenters. The molecule has 1 saturated heterocycles. The molecule has 0 bridgehead atoms. The van der Waals surface area contributed by atoms with E-state index in [1.54, 1.807) is 55.1 Å². The van der Waals surface area contributed by atoms with E-state index < -0.39 is 23.5 Å². The zero-order valence-electron chi connectivity index (χ0n) is 19.6. The van der Waals surface area contributed by atoms with E-state index in [0.29, 0.717) is 30.9 Å². The smallest absolute Gasteiger partial charge is 0.295 e. The summed E-state index contributed by atoms with van der Waals surface area (Å²) in [6.07, 6.45) is 7.51.